The lowest BCUT2D eigenvalue weighted by Gasteiger charge is -2.27. The van der Waals surface area contributed by atoms with Gasteiger partial charge in [0.2, 0.25) is 5.91 Å². The Morgan fingerprint density at radius 2 is 1.97 bits per heavy atom. The van der Waals surface area contributed by atoms with E-state index in [9.17, 15) is 14.4 Å². The highest BCUT2D eigenvalue weighted by molar-refractivity contribution is 7.09. The van der Waals surface area contributed by atoms with Crippen LogP contribution in [0.15, 0.2) is 60.4 Å². The summed E-state index contributed by atoms with van der Waals surface area (Å²) in [5, 5.41) is 7.06. The Morgan fingerprint density at radius 1 is 1.14 bits per heavy atom. The normalized spacial score (nSPS) is 14.7. The second kappa shape index (κ2) is 9.89. The summed E-state index contributed by atoms with van der Waals surface area (Å²) in [5.41, 5.74) is 4.11. The maximum atomic E-state index is 13.2. The molecule has 0 spiro atoms. The summed E-state index contributed by atoms with van der Waals surface area (Å²) < 4.78 is 0. The fraction of sp³-hybridized carbons (Fsp3) is 0.200. The van der Waals surface area contributed by atoms with Crippen LogP contribution in [0.4, 0.5) is 11.4 Å². The summed E-state index contributed by atoms with van der Waals surface area (Å²) in [6.07, 6.45) is 5.67. The van der Waals surface area contributed by atoms with Gasteiger partial charge >= 0.3 is 0 Å². The first-order valence-electron chi connectivity index (χ1n) is 11.2. The van der Waals surface area contributed by atoms with E-state index in [-0.39, 0.29) is 5.91 Å². The van der Waals surface area contributed by atoms with Crippen molar-refractivity contribution in [2.45, 2.75) is 25.3 Å². The quantitative estimate of drug-likeness (QED) is 0.345. The van der Waals surface area contributed by atoms with Crippen molar-refractivity contribution in [1.82, 2.24) is 15.3 Å². The molecule has 4 aromatic rings. The number of halogens is 1. The number of hydrogen-bond acceptors (Lipinski definition) is 5. The van der Waals surface area contributed by atoms with Crippen LogP contribution in [-0.2, 0) is 9.59 Å². The monoisotopic (exact) mass is 507 g/mol. The van der Waals surface area contributed by atoms with Gasteiger partial charge in [-0.3, -0.25) is 19.4 Å². The minimum atomic E-state index is -0.929. The Kier molecular flexibility index (Phi) is 6.52. The Hall–Kier alpha value is -3.69. The van der Waals surface area contributed by atoms with E-state index < -0.39 is 17.9 Å². The van der Waals surface area contributed by atoms with Gasteiger partial charge < -0.3 is 20.5 Å². The lowest BCUT2D eigenvalue weighted by molar-refractivity contribution is -0.119. The Labute approximate surface area is 210 Å². The van der Waals surface area contributed by atoms with Gasteiger partial charge in [-0.25, -0.2) is 0 Å². The second-order valence-electron chi connectivity index (χ2n) is 8.25. The molecule has 1 atom stereocenters. The average Bonchev–Trinajstić information content (AvgIpc) is 3.53. The fourth-order valence-corrected chi connectivity index (χ4v) is 4.99. The molecule has 5 rings (SSSR count). The Balaban J connectivity index is 1.32. The molecule has 0 aliphatic carbocycles. The summed E-state index contributed by atoms with van der Waals surface area (Å²) >= 11 is 7.41. The van der Waals surface area contributed by atoms with Crippen LogP contribution in [0.3, 0.4) is 0 Å². The molecule has 0 saturated carbocycles. The van der Waals surface area contributed by atoms with E-state index in [0.717, 1.165) is 29.4 Å². The number of amides is 3. The minimum absolute atomic E-state index is 0.112. The van der Waals surface area contributed by atoms with Gasteiger partial charge in [0, 0.05) is 53.2 Å². The predicted molar refractivity (Wildman–Crippen MR) is 137 cm³/mol. The third kappa shape index (κ3) is 4.91. The average molecular weight is 508 g/mol. The number of fused-ring (bicyclic) bond motifs is 1. The molecule has 3 amide bonds. The topological polar surface area (TPSA) is 107 Å². The van der Waals surface area contributed by atoms with Crippen LogP contribution in [0.25, 0.3) is 10.9 Å². The van der Waals surface area contributed by atoms with E-state index >= 15 is 0 Å². The molecule has 1 aliphatic heterocycles. The number of nitrogens with one attached hydrogen (secondary N) is 3. The van der Waals surface area contributed by atoms with E-state index in [2.05, 4.69) is 20.6 Å². The molecule has 178 valence electrons. The predicted octanol–water partition coefficient (Wildman–Crippen LogP) is 4.90. The van der Waals surface area contributed by atoms with Crippen molar-refractivity contribution < 1.29 is 14.4 Å². The van der Waals surface area contributed by atoms with E-state index in [4.69, 9.17) is 11.6 Å². The fourth-order valence-electron chi connectivity index (χ4n) is 4.10. The minimum Gasteiger partial charge on any atom is -0.360 e. The van der Waals surface area contributed by atoms with Crippen LogP contribution in [0.2, 0.25) is 5.02 Å². The Morgan fingerprint density at radius 3 is 2.71 bits per heavy atom. The van der Waals surface area contributed by atoms with E-state index in [0.29, 0.717) is 34.1 Å². The van der Waals surface area contributed by atoms with Crippen LogP contribution in [0, 0.1) is 0 Å². The third-order valence-corrected chi connectivity index (χ3v) is 7.09. The van der Waals surface area contributed by atoms with Gasteiger partial charge in [-0.2, -0.15) is 0 Å². The van der Waals surface area contributed by atoms with Crippen molar-refractivity contribution in [1.29, 1.82) is 0 Å². The van der Waals surface area contributed by atoms with Gasteiger partial charge in [0.05, 0.1) is 15.4 Å². The number of thiazole rings is 1. The zero-order chi connectivity index (χ0) is 24.4. The van der Waals surface area contributed by atoms with Gasteiger partial charge in [-0.05, 0) is 49.2 Å². The number of aromatic amines is 1. The largest absolute Gasteiger partial charge is 0.360 e. The number of piperidine rings is 1. The zero-order valence-electron chi connectivity index (χ0n) is 18.6. The molecule has 0 radical (unpaired) electrons. The van der Waals surface area contributed by atoms with Gasteiger partial charge in [-0.1, -0.05) is 17.7 Å². The SMILES string of the molecule is O=C(NC(C(=O)Nc1ccc(N2CCCCC2=O)cc1)c1cncs1)c1ccc2c(Cl)c[nH]c2c1. The second-order valence-corrected chi connectivity index (χ2v) is 9.57. The van der Waals surface area contributed by atoms with Crippen molar-refractivity contribution in [2.75, 3.05) is 16.8 Å². The molecule has 2 aromatic carbocycles. The first kappa shape index (κ1) is 23.1. The summed E-state index contributed by atoms with van der Waals surface area (Å²) in [5.74, 6) is -0.681. The summed E-state index contributed by atoms with van der Waals surface area (Å²) in [6, 6.07) is 11.3. The number of benzene rings is 2. The van der Waals surface area contributed by atoms with Crippen LogP contribution in [0.5, 0.6) is 0 Å². The van der Waals surface area contributed by atoms with Crippen LogP contribution in [-0.4, -0.2) is 34.2 Å². The molecule has 1 aliphatic rings. The number of nitrogens with zero attached hydrogens (tertiary/aromatic N) is 2. The number of carbonyl (C=O) groups excluding carboxylic acids is 3. The standard InChI is InChI=1S/C25H22ClN5O3S/c26-19-12-28-20-11-15(4-9-18(19)20)24(33)30-23(21-13-27-14-35-21)25(34)29-16-5-7-17(8-6-16)31-10-2-1-3-22(31)32/h4-9,11-14,23,28H,1-3,10H2,(H,29,34)(H,30,33). The molecule has 1 unspecified atom stereocenters. The number of carbonyl (C=O) groups is 3. The van der Waals surface area contributed by atoms with Crippen LogP contribution in [0.1, 0.15) is 40.5 Å². The molecular weight excluding hydrogens is 486 g/mol. The molecule has 2 aromatic heterocycles. The number of H-pyrrole nitrogens is 1. The lowest BCUT2D eigenvalue weighted by Crippen LogP contribution is -2.36. The molecule has 3 heterocycles. The van der Waals surface area contributed by atoms with Crippen molar-refractivity contribution in [2.24, 2.45) is 0 Å². The Bertz CT molecular complexity index is 1380. The number of rotatable bonds is 6. The summed E-state index contributed by atoms with van der Waals surface area (Å²) in [4.78, 5) is 47.8. The van der Waals surface area contributed by atoms with Crippen molar-refractivity contribution >= 4 is 62.9 Å². The van der Waals surface area contributed by atoms with Gasteiger partial charge in [-0.15, -0.1) is 11.3 Å². The smallest absolute Gasteiger partial charge is 0.252 e. The molecule has 3 N–H and O–H groups in total. The van der Waals surface area contributed by atoms with Crippen molar-refractivity contribution in [3.05, 3.63) is 75.8 Å². The van der Waals surface area contributed by atoms with Crippen molar-refractivity contribution in [3.8, 4) is 0 Å². The molecule has 35 heavy (non-hydrogen) atoms. The number of anilines is 2. The van der Waals surface area contributed by atoms with E-state index in [1.807, 2.05) is 12.1 Å². The number of hydrogen-bond donors (Lipinski definition) is 3. The van der Waals surface area contributed by atoms with Crippen LogP contribution >= 0.6 is 22.9 Å². The maximum absolute atomic E-state index is 13.2. The number of aromatic nitrogens is 2. The zero-order valence-corrected chi connectivity index (χ0v) is 20.2. The van der Waals surface area contributed by atoms with Crippen molar-refractivity contribution in [3.63, 3.8) is 0 Å². The van der Waals surface area contributed by atoms with Gasteiger partial charge in [0.1, 0.15) is 6.04 Å². The lowest BCUT2D eigenvalue weighted by atomic mass is 10.1. The van der Waals surface area contributed by atoms with E-state index in [1.54, 1.807) is 53.1 Å². The molecule has 10 heteroatoms. The third-order valence-electron chi connectivity index (χ3n) is 5.94. The first-order chi connectivity index (χ1) is 17.0. The molecular formula is C25H22ClN5O3S. The highest BCUT2D eigenvalue weighted by atomic mass is 35.5. The summed E-state index contributed by atoms with van der Waals surface area (Å²) in [7, 11) is 0. The highest BCUT2D eigenvalue weighted by Gasteiger charge is 2.26. The molecule has 8 nitrogen and oxygen atoms in total. The summed E-state index contributed by atoms with van der Waals surface area (Å²) in [6.45, 7) is 0.699. The van der Waals surface area contributed by atoms with Gasteiger partial charge in [0.15, 0.2) is 0 Å². The van der Waals surface area contributed by atoms with Crippen LogP contribution < -0.4 is 15.5 Å². The van der Waals surface area contributed by atoms with E-state index in [1.165, 1.54) is 11.3 Å². The highest BCUT2D eigenvalue weighted by Crippen LogP contribution is 2.26. The maximum Gasteiger partial charge on any atom is 0.252 e. The molecule has 1 fully saturated rings. The van der Waals surface area contributed by atoms with Gasteiger partial charge in [0.25, 0.3) is 11.8 Å². The first-order valence-corrected chi connectivity index (χ1v) is 12.4. The molecule has 0 bridgehead atoms. The molecule has 1 saturated heterocycles.